The highest BCUT2D eigenvalue weighted by Crippen LogP contribution is 2.46. The van der Waals surface area contributed by atoms with Gasteiger partial charge in [0.05, 0.1) is 6.42 Å². The molecule has 2 aliphatic rings. The normalized spacial score (nSPS) is 22.8. The number of alkyl halides is 3. The third kappa shape index (κ3) is 4.12. The van der Waals surface area contributed by atoms with Crippen LogP contribution in [-0.2, 0) is 21.2 Å². The van der Waals surface area contributed by atoms with Gasteiger partial charge in [0, 0.05) is 16.8 Å². The van der Waals surface area contributed by atoms with E-state index in [1.54, 1.807) is 6.07 Å². The van der Waals surface area contributed by atoms with Crippen molar-refractivity contribution in [2.24, 2.45) is 0 Å². The number of amides is 1. The van der Waals surface area contributed by atoms with E-state index in [1.807, 2.05) is 12.1 Å². The maximum Gasteiger partial charge on any atom is 0.573 e. The van der Waals surface area contributed by atoms with Crippen molar-refractivity contribution in [3.63, 3.8) is 0 Å². The number of carbonyl (C=O) groups is 2. The maximum atomic E-state index is 13.2. The van der Waals surface area contributed by atoms with E-state index in [0.29, 0.717) is 5.56 Å². The Morgan fingerprint density at radius 3 is 2.27 bits per heavy atom. The van der Waals surface area contributed by atoms with Crippen LogP contribution >= 0.6 is 0 Å². The molecule has 5 nitrogen and oxygen atoms in total. The number of carbonyl (C=O) groups excluding carboxylic acids is 2. The topological polar surface area (TPSA) is 75.6 Å². The predicted octanol–water partition coefficient (Wildman–Crippen LogP) is 5.35. The molecule has 0 saturated carbocycles. The molecule has 0 saturated heterocycles. The summed E-state index contributed by atoms with van der Waals surface area (Å²) in [5, 5.41) is 13.6. The van der Waals surface area contributed by atoms with E-state index in [0.717, 1.165) is 36.1 Å². The first-order valence-corrected chi connectivity index (χ1v) is 10.7. The summed E-state index contributed by atoms with van der Waals surface area (Å²) in [6.45, 7) is 8.55. The van der Waals surface area contributed by atoms with Crippen LogP contribution in [0, 0.1) is 0 Å². The standard InChI is InChI=1S/C25H26F3NO4/c1-22(2)9-10-23(3,4)17-11-14(5-7-16(17)22)20(30)13-24(32)18-12-15(33-25(26,27)28)6-8-19(18)29-21(24)31/h5-8,11-12,32H,9-10,13H2,1-4H3,(H,29,31). The Morgan fingerprint density at radius 1 is 1.00 bits per heavy atom. The molecule has 0 fully saturated rings. The highest BCUT2D eigenvalue weighted by molar-refractivity contribution is 6.09. The molecule has 4 rings (SSSR count). The molecule has 1 atom stereocenters. The SMILES string of the molecule is CC1(C)CCC(C)(C)c2cc(C(=O)CC3(O)C(=O)Nc4ccc(OC(F)(F)F)cc43)ccc21. The van der Waals surface area contributed by atoms with Crippen LogP contribution in [0.3, 0.4) is 0 Å². The van der Waals surface area contributed by atoms with Crippen LogP contribution in [0.4, 0.5) is 18.9 Å². The third-order valence-corrected chi connectivity index (χ3v) is 6.89. The fourth-order valence-corrected chi connectivity index (χ4v) is 4.79. The van der Waals surface area contributed by atoms with Crippen molar-refractivity contribution >= 4 is 17.4 Å². The number of fused-ring (bicyclic) bond motifs is 2. The van der Waals surface area contributed by atoms with Crippen molar-refractivity contribution in [2.45, 2.75) is 69.8 Å². The number of aliphatic hydroxyl groups is 1. The van der Waals surface area contributed by atoms with E-state index in [2.05, 4.69) is 37.7 Å². The lowest BCUT2D eigenvalue weighted by molar-refractivity contribution is -0.274. The van der Waals surface area contributed by atoms with Crippen LogP contribution < -0.4 is 10.1 Å². The summed E-state index contributed by atoms with van der Waals surface area (Å²) in [4.78, 5) is 25.7. The number of ether oxygens (including phenoxy) is 1. The summed E-state index contributed by atoms with van der Waals surface area (Å²) in [7, 11) is 0. The van der Waals surface area contributed by atoms with Crippen LogP contribution in [0.1, 0.15) is 74.0 Å². The molecule has 0 radical (unpaired) electrons. The van der Waals surface area contributed by atoms with Gasteiger partial charge in [-0.15, -0.1) is 13.2 Å². The minimum Gasteiger partial charge on any atom is -0.406 e. The quantitative estimate of drug-likeness (QED) is 0.602. The lowest BCUT2D eigenvalue weighted by Crippen LogP contribution is -2.37. The number of hydrogen-bond donors (Lipinski definition) is 2. The van der Waals surface area contributed by atoms with Gasteiger partial charge in [0.25, 0.3) is 5.91 Å². The number of halogens is 3. The van der Waals surface area contributed by atoms with Gasteiger partial charge in [-0.3, -0.25) is 9.59 Å². The van der Waals surface area contributed by atoms with Gasteiger partial charge in [-0.1, -0.05) is 39.8 Å². The molecule has 2 N–H and O–H groups in total. The van der Waals surface area contributed by atoms with Crippen molar-refractivity contribution in [2.75, 3.05) is 5.32 Å². The average molecular weight is 461 g/mol. The lowest BCUT2D eigenvalue weighted by atomic mass is 9.63. The first kappa shape index (κ1) is 23.3. The number of Topliss-reactive ketones (excluding diaryl/α,β-unsaturated/α-hetero) is 1. The number of nitrogens with one attached hydrogen (secondary N) is 1. The summed E-state index contributed by atoms with van der Waals surface area (Å²) in [5.41, 5.74) is 0.0863. The summed E-state index contributed by atoms with van der Waals surface area (Å²) < 4.78 is 41.8. The van der Waals surface area contributed by atoms with Gasteiger partial charge in [0.1, 0.15) is 5.75 Å². The highest BCUT2D eigenvalue weighted by atomic mass is 19.4. The Bertz CT molecular complexity index is 1150. The second-order valence-electron chi connectivity index (χ2n) is 10.2. The number of anilines is 1. The summed E-state index contributed by atoms with van der Waals surface area (Å²) in [5.74, 6) is -1.93. The number of ketones is 1. The number of rotatable bonds is 4. The Balaban J connectivity index is 1.67. The van der Waals surface area contributed by atoms with Crippen LogP contribution in [0.2, 0.25) is 0 Å². The molecule has 1 aliphatic heterocycles. The zero-order chi connectivity index (χ0) is 24.4. The minimum absolute atomic E-state index is 0.0379. The molecule has 1 unspecified atom stereocenters. The zero-order valence-corrected chi connectivity index (χ0v) is 18.9. The van der Waals surface area contributed by atoms with Gasteiger partial charge in [-0.2, -0.15) is 0 Å². The van der Waals surface area contributed by atoms with Crippen molar-refractivity contribution in [1.29, 1.82) is 0 Å². The van der Waals surface area contributed by atoms with Crippen LogP contribution in [0.5, 0.6) is 5.75 Å². The van der Waals surface area contributed by atoms with Crippen molar-refractivity contribution in [1.82, 2.24) is 0 Å². The predicted molar refractivity (Wildman–Crippen MR) is 116 cm³/mol. The fourth-order valence-electron chi connectivity index (χ4n) is 4.79. The van der Waals surface area contributed by atoms with E-state index in [9.17, 15) is 27.9 Å². The molecule has 0 bridgehead atoms. The Kier molecular flexibility index (Phi) is 5.16. The van der Waals surface area contributed by atoms with Gasteiger partial charge < -0.3 is 15.2 Å². The van der Waals surface area contributed by atoms with E-state index in [1.165, 1.54) is 6.07 Å². The molecule has 176 valence electrons. The Morgan fingerprint density at radius 2 is 1.64 bits per heavy atom. The van der Waals surface area contributed by atoms with Gasteiger partial charge >= 0.3 is 6.36 Å². The van der Waals surface area contributed by atoms with Gasteiger partial charge in [0.15, 0.2) is 11.4 Å². The summed E-state index contributed by atoms with van der Waals surface area (Å²) in [6, 6.07) is 8.61. The summed E-state index contributed by atoms with van der Waals surface area (Å²) >= 11 is 0. The molecular weight excluding hydrogens is 435 g/mol. The van der Waals surface area contributed by atoms with Crippen molar-refractivity contribution < 1.29 is 32.6 Å². The smallest absolute Gasteiger partial charge is 0.406 e. The second-order valence-corrected chi connectivity index (χ2v) is 10.2. The first-order chi connectivity index (χ1) is 15.1. The van der Waals surface area contributed by atoms with Gasteiger partial charge in [0.2, 0.25) is 0 Å². The molecule has 0 aromatic heterocycles. The second kappa shape index (κ2) is 7.32. The van der Waals surface area contributed by atoms with E-state index >= 15 is 0 Å². The third-order valence-electron chi connectivity index (χ3n) is 6.89. The Labute approximate surface area is 189 Å². The number of hydrogen-bond acceptors (Lipinski definition) is 4. The monoisotopic (exact) mass is 461 g/mol. The highest BCUT2D eigenvalue weighted by Gasteiger charge is 2.48. The van der Waals surface area contributed by atoms with Crippen LogP contribution in [0.15, 0.2) is 36.4 Å². The van der Waals surface area contributed by atoms with Gasteiger partial charge in [-0.25, -0.2) is 0 Å². The largest absolute Gasteiger partial charge is 0.573 e. The van der Waals surface area contributed by atoms with Gasteiger partial charge in [-0.05, 0) is 59.1 Å². The van der Waals surface area contributed by atoms with Crippen LogP contribution in [0.25, 0.3) is 0 Å². The molecule has 1 amide bonds. The van der Waals surface area contributed by atoms with Crippen molar-refractivity contribution in [3.05, 3.63) is 58.7 Å². The van der Waals surface area contributed by atoms with E-state index < -0.39 is 35.8 Å². The van der Waals surface area contributed by atoms with Crippen molar-refractivity contribution in [3.8, 4) is 5.75 Å². The molecule has 33 heavy (non-hydrogen) atoms. The van der Waals surface area contributed by atoms with E-state index in [-0.39, 0.29) is 22.1 Å². The average Bonchev–Trinajstić information content (AvgIpc) is 2.94. The molecule has 2 aromatic rings. The molecule has 1 heterocycles. The Hall–Kier alpha value is -2.87. The minimum atomic E-state index is -4.93. The molecule has 0 spiro atoms. The molecule has 8 heteroatoms. The van der Waals surface area contributed by atoms with Crippen LogP contribution in [-0.4, -0.2) is 23.2 Å². The lowest BCUT2D eigenvalue weighted by Gasteiger charge is -2.42. The molecule has 2 aromatic carbocycles. The fraction of sp³-hybridized carbons (Fsp3) is 0.440. The summed E-state index contributed by atoms with van der Waals surface area (Å²) in [6.07, 6.45) is -3.57. The first-order valence-electron chi connectivity index (χ1n) is 10.7. The number of benzene rings is 2. The van der Waals surface area contributed by atoms with E-state index in [4.69, 9.17) is 0 Å². The zero-order valence-electron chi connectivity index (χ0n) is 18.9. The maximum absolute atomic E-state index is 13.2. The molecular formula is C25H26F3NO4. The molecule has 1 aliphatic carbocycles.